The van der Waals surface area contributed by atoms with E-state index in [9.17, 15) is 9.59 Å². The lowest BCUT2D eigenvalue weighted by molar-refractivity contribution is -0.122. The van der Waals surface area contributed by atoms with E-state index in [0.717, 1.165) is 0 Å². The number of ether oxygens (including phenoxy) is 1. The quantitative estimate of drug-likeness (QED) is 0.763. The Balaban J connectivity index is 2.50. The molecule has 0 spiro atoms. The van der Waals surface area contributed by atoms with Crippen molar-refractivity contribution >= 4 is 41.1 Å². The van der Waals surface area contributed by atoms with Crippen molar-refractivity contribution in [2.75, 3.05) is 18.1 Å². The highest BCUT2D eigenvalue weighted by Crippen LogP contribution is 2.38. The van der Waals surface area contributed by atoms with Crippen LogP contribution in [0.3, 0.4) is 0 Å². The van der Waals surface area contributed by atoms with Crippen molar-refractivity contribution < 1.29 is 14.3 Å². The number of carbonyl (C=O) groups excluding carboxylic acids is 2. The zero-order valence-corrected chi connectivity index (χ0v) is 9.59. The standard InChI is InChI=1S/C10H7Cl2NO3/c11-6-3-8-9(4-7(6)12)16-5-10(15)13(8)1-2-14/h2-4H,1,5H2. The first kappa shape index (κ1) is 11.2. The molecule has 0 fully saturated rings. The Kier molecular flexibility index (Phi) is 3.03. The van der Waals surface area contributed by atoms with Crippen LogP contribution in [0.15, 0.2) is 12.1 Å². The van der Waals surface area contributed by atoms with E-state index in [4.69, 9.17) is 27.9 Å². The average Bonchev–Trinajstić information content (AvgIpc) is 2.25. The first-order chi connectivity index (χ1) is 7.63. The van der Waals surface area contributed by atoms with Gasteiger partial charge in [-0.3, -0.25) is 9.69 Å². The highest BCUT2D eigenvalue weighted by Gasteiger charge is 2.26. The topological polar surface area (TPSA) is 46.6 Å². The minimum absolute atomic E-state index is 0.0207. The molecule has 0 unspecified atom stereocenters. The van der Waals surface area contributed by atoms with E-state index in [-0.39, 0.29) is 19.1 Å². The van der Waals surface area contributed by atoms with Crippen molar-refractivity contribution in [1.29, 1.82) is 0 Å². The molecule has 1 amide bonds. The zero-order valence-electron chi connectivity index (χ0n) is 8.07. The van der Waals surface area contributed by atoms with Crippen molar-refractivity contribution in [2.45, 2.75) is 0 Å². The molecule has 0 bridgehead atoms. The number of nitrogens with zero attached hydrogens (tertiary/aromatic N) is 1. The summed E-state index contributed by atoms with van der Waals surface area (Å²) in [6, 6.07) is 3.04. The number of benzene rings is 1. The van der Waals surface area contributed by atoms with Gasteiger partial charge < -0.3 is 9.53 Å². The van der Waals surface area contributed by atoms with E-state index < -0.39 is 0 Å². The van der Waals surface area contributed by atoms with Gasteiger partial charge in [0.1, 0.15) is 12.0 Å². The summed E-state index contributed by atoms with van der Waals surface area (Å²) >= 11 is 11.7. The van der Waals surface area contributed by atoms with Crippen molar-refractivity contribution in [2.24, 2.45) is 0 Å². The monoisotopic (exact) mass is 259 g/mol. The molecular weight excluding hydrogens is 253 g/mol. The number of aldehydes is 1. The molecule has 16 heavy (non-hydrogen) atoms. The second-order valence-corrected chi connectivity index (χ2v) is 4.01. The average molecular weight is 260 g/mol. The Morgan fingerprint density at radius 2 is 2.06 bits per heavy atom. The van der Waals surface area contributed by atoms with Crippen LogP contribution in [-0.2, 0) is 9.59 Å². The third kappa shape index (κ3) is 1.86. The summed E-state index contributed by atoms with van der Waals surface area (Å²) in [4.78, 5) is 23.3. The fourth-order valence-corrected chi connectivity index (χ4v) is 1.78. The number of rotatable bonds is 2. The molecule has 1 aliphatic rings. The van der Waals surface area contributed by atoms with Gasteiger partial charge in [-0.2, -0.15) is 0 Å². The van der Waals surface area contributed by atoms with Gasteiger partial charge >= 0.3 is 0 Å². The first-order valence-electron chi connectivity index (χ1n) is 4.49. The number of carbonyl (C=O) groups is 2. The molecule has 0 radical (unpaired) electrons. The summed E-state index contributed by atoms with van der Waals surface area (Å²) in [7, 11) is 0. The lowest BCUT2D eigenvalue weighted by Gasteiger charge is -2.28. The largest absolute Gasteiger partial charge is 0.482 e. The molecule has 1 aliphatic heterocycles. The second kappa shape index (κ2) is 4.31. The molecule has 0 aliphatic carbocycles. The molecule has 84 valence electrons. The Labute approximate surface area is 102 Å². The molecule has 0 N–H and O–H groups in total. The number of fused-ring (bicyclic) bond motifs is 1. The maximum atomic E-state index is 11.5. The van der Waals surface area contributed by atoms with Crippen molar-refractivity contribution in [3.05, 3.63) is 22.2 Å². The summed E-state index contributed by atoms with van der Waals surface area (Å²) in [5, 5.41) is 0.662. The molecule has 1 aromatic rings. The van der Waals surface area contributed by atoms with Gasteiger partial charge in [-0.05, 0) is 6.07 Å². The minimum atomic E-state index is -0.280. The number of halogens is 2. The summed E-state index contributed by atoms with van der Waals surface area (Å²) < 4.78 is 5.20. The smallest absolute Gasteiger partial charge is 0.265 e. The van der Waals surface area contributed by atoms with Crippen molar-refractivity contribution in [3.63, 3.8) is 0 Å². The van der Waals surface area contributed by atoms with Crippen LogP contribution >= 0.6 is 23.2 Å². The fourth-order valence-electron chi connectivity index (χ4n) is 1.47. The zero-order chi connectivity index (χ0) is 11.7. The van der Waals surface area contributed by atoms with Crippen LogP contribution in [-0.4, -0.2) is 25.3 Å². The van der Waals surface area contributed by atoms with Crippen molar-refractivity contribution in [3.8, 4) is 5.75 Å². The molecule has 0 saturated carbocycles. The van der Waals surface area contributed by atoms with Crippen LogP contribution in [0.1, 0.15) is 0 Å². The first-order valence-corrected chi connectivity index (χ1v) is 5.25. The van der Waals surface area contributed by atoms with Gasteiger partial charge in [0, 0.05) is 6.07 Å². The van der Waals surface area contributed by atoms with E-state index >= 15 is 0 Å². The van der Waals surface area contributed by atoms with Crippen LogP contribution in [0.2, 0.25) is 10.0 Å². The van der Waals surface area contributed by atoms with Crippen LogP contribution in [0, 0.1) is 0 Å². The van der Waals surface area contributed by atoms with Crippen LogP contribution in [0.25, 0.3) is 0 Å². The molecule has 0 saturated heterocycles. The minimum Gasteiger partial charge on any atom is -0.482 e. The predicted octanol–water partition coefficient (Wildman–Crippen LogP) is 1.92. The number of amides is 1. The van der Waals surface area contributed by atoms with Crippen molar-refractivity contribution in [1.82, 2.24) is 0 Å². The molecule has 2 rings (SSSR count). The van der Waals surface area contributed by atoms with Gasteiger partial charge in [0.25, 0.3) is 5.91 Å². The lowest BCUT2D eigenvalue weighted by Crippen LogP contribution is -2.39. The Hall–Kier alpha value is -1.26. The fraction of sp³-hybridized carbons (Fsp3) is 0.200. The molecular formula is C10H7Cl2NO3. The van der Waals surface area contributed by atoms with E-state index in [2.05, 4.69) is 0 Å². The molecule has 0 atom stereocenters. The summed E-state index contributed by atoms with van der Waals surface area (Å²) in [5.41, 5.74) is 0.470. The summed E-state index contributed by atoms with van der Waals surface area (Å²) in [5.74, 6) is 0.175. The van der Waals surface area contributed by atoms with Crippen LogP contribution < -0.4 is 9.64 Å². The number of hydrogen-bond acceptors (Lipinski definition) is 3. The highest BCUT2D eigenvalue weighted by molar-refractivity contribution is 6.42. The van der Waals surface area contributed by atoms with Gasteiger partial charge in [0.05, 0.1) is 22.3 Å². The van der Waals surface area contributed by atoms with E-state index in [1.165, 1.54) is 17.0 Å². The Morgan fingerprint density at radius 1 is 1.38 bits per heavy atom. The third-order valence-corrected chi connectivity index (χ3v) is 2.92. The predicted molar refractivity (Wildman–Crippen MR) is 60.4 cm³/mol. The molecule has 1 heterocycles. The van der Waals surface area contributed by atoms with E-state index in [0.29, 0.717) is 27.8 Å². The summed E-state index contributed by atoms with van der Waals surface area (Å²) in [6.07, 6.45) is 0.648. The maximum absolute atomic E-state index is 11.5. The number of hydrogen-bond donors (Lipinski definition) is 0. The van der Waals surface area contributed by atoms with Gasteiger partial charge in [0.15, 0.2) is 6.61 Å². The normalized spacial score (nSPS) is 14.4. The molecule has 6 heteroatoms. The van der Waals surface area contributed by atoms with Gasteiger partial charge in [-0.15, -0.1) is 0 Å². The van der Waals surface area contributed by atoms with Gasteiger partial charge in [-0.1, -0.05) is 23.2 Å². The van der Waals surface area contributed by atoms with Crippen LogP contribution in [0.4, 0.5) is 5.69 Å². The van der Waals surface area contributed by atoms with E-state index in [1.54, 1.807) is 0 Å². The van der Waals surface area contributed by atoms with Gasteiger partial charge in [-0.25, -0.2) is 0 Å². The van der Waals surface area contributed by atoms with Crippen LogP contribution in [0.5, 0.6) is 5.75 Å². The summed E-state index contributed by atoms with van der Waals surface area (Å²) in [6.45, 7) is -0.119. The molecule has 0 aromatic heterocycles. The SMILES string of the molecule is O=CCN1C(=O)COc2cc(Cl)c(Cl)cc21. The lowest BCUT2D eigenvalue weighted by atomic mass is 10.2. The Morgan fingerprint density at radius 3 is 2.75 bits per heavy atom. The highest BCUT2D eigenvalue weighted by atomic mass is 35.5. The molecule has 4 nitrogen and oxygen atoms in total. The second-order valence-electron chi connectivity index (χ2n) is 3.19. The maximum Gasteiger partial charge on any atom is 0.265 e. The third-order valence-electron chi connectivity index (χ3n) is 2.20. The Bertz CT molecular complexity index is 462. The van der Waals surface area contributed by atoms with Gasteiger partial charge in [0.2, 0.25) is 0 Å². The molecule has 1 aromatic carbocycles. The number of anilines is 1. The van der Waals surface area contributed by atoms with E-state index in [1.807, 2.05) is 0 Å².